The van der Waals surface area contributed by atoms with Crippen LogP contribution in [0, 0.1) is 11.3 Å². The van der Waals surface area contributed by atoms with Crippen LogP contribution in [0.4, 0.5) is 23.7 Å². The lowest BCUT2D eigenvalue weighted by molar-refractivity contribution is -0.141. The summed E-state index contributed by atoms with van der Waals surface area (Å²) in [6.45, 7) is 0. The van der Waals surface area contributed by atoms with E-state index in [0.29, 0.717) is 22.4 Å². The molecule has 1 unspecified atom stereocenters. The Bertz CT molecular complexity index is 1120. The average molecular weight is 430 g/mol. The smallest absolute Gasteiger partial charge is 0.294 e. The van der Waals surface area contributed by atoms with Crippen LogP contribution in [0.1, 0.15) is 35.7 Å². The van der Waals surface area contributed by atoms with Crippen molar-refractivity contribution in [2.24, 2.45) is 0 Å². The predicted octanol–water partition coefficient (Wildman–Crippen LogP) is 4.42. The number of hydrogen-bond donors (Lipinski definition) is 1. The standard InChI is InChI=1S/C20H13F3N4O2S/c21-20(22,23)16-9-13(7-8-25-16)26-14-5-6-15(28)17(14)18(27(30)19(26)29)12-3-1-11(10-24)2-4-12/h1-4,7-9,18,30H,5-6H2. The number of carbonyl (C=O) groups excluding carboxylic acids is 2. The Morgan fingerprint density at radius 1 is 1.13 bits per heavy atom. The lowest BCUT2D eigenvalue weighted by Gasteiger charge is -2.39. The summed E-state index contributed by atoms with van der Waals surface area (Å²) < 4.78 is 40.3. The fourth-order valence-electron chi connectivity index (χ4n) is 3.68. The van der Waals surface area contributed by atoms with Gasteiger partial charge in [0.15, 0.2) is 5.78 Å². The number of carbonyl (C=O) groups is 2. The maximum absolute atomic E-state index is 13.1. The number of benzene rings is 1. The summed E-state index contributed by atoms with van der Waals surface area (Å²) in [6, 6.07) is 8.93. The third kappa shape index (κ3) is 3.21. The molecule has 2 aromatic rings. The van der Waals surface area contributed by atoms with E-state index in [0.717, 1.165) is 21.5 Å². The molecule has 1 atom stereocenters. The molecule has 2 aliphatic rings. The number of nitrogens with zero attached hydrogens (tertiary/aromatic N) is 4. The van der Waals surface area contributed by atoms with Crippen molar-refractivity contribution in [2.45, 2.75) is 25.1 Å². The zero-order valence-corrected chi connectivity index (χ0v) is 16.1. The van der Waals surface area contributed by atoms with Gasteiger partial charge >= 0.3 is 12.2 Å². The molecule has 0 radical (unpaired) electrons. The van der Waals surface area contributed by atoms with E-state index in [4.69, 9.17) is 5.26 Å². The molecular weight excluding hydrogens is 417 g/mol. The third-order valence-corrected chi connectivity index (χ3v) is 5.43. The number of anilines is 1. The number of Topliss-reactive ketones (excluding diaryl/α,β-unsaturated/α-hetero) is 1. The molecule has 2 amide bonds. The Labute approximate surface area is 174 Å². The number of thiol groups is 1. The summed E-state index contributed by atoms with van der Waals surface area (Å²) in [5.41, 5.74) is 0.465. The summed E-state index contributed by atoms with van der Waals surface area (Å²) in [5.74, 6) is -0.207. The minimum atomic E-state index is -4.68. The van der Waals surface area contributed by atoms with Crippen LogP contribution in [0.25, 0.3) is 0 Å². The molecule has 0 saturated carbocycles. The van der Waals surface area contributed by atoms with Gasteiger partial charge in [0.05, 0.1) is 17.3 Å². The van der Waals surface area contributed by atoms with Crippen molar-refractivity contribution in [3.05, 3.63) is 70.7 Å². The SMILES string of the molecule is N#Cc1ccc(C2C3=C(CCC3=O)N(c3ccnc(C(F)(F)F)c3)C(=O)N2S)cc1. The van der Waals surface area contributed by atoms with Crippen molar-refractivity contribution >= 4 is 30.3 Å². The fourth-order valence-corrected chi connectivity index (χ4v) is 4.02. The van der Waals surface area contributed by atoms with E-state index in [1.807, 2.05) is 6.07 Å². The van der Waals surface area contributed by atoms with E-state index >= 15 is 0 Å². The van der Waals surface area contributed by atoms with Crippen molar-refractivity contribution < 1.29 is 22.8 Å². The molecule has 1 aliphatic heterocycles. The van der Waals surface area contributed by atoms with Crippen LogP contribution in [0.5, 0.6) is 0 Å². The van der Waals surface area contributed by atoms with Crippen molar-refractivity contribution in [3.8, 4) is 6.07 Å². The summed E-state index contributed by atoms with van der Waals surface area (Å²) in [7, 11) is 0. The number of amides is 2. The van der Waals surface area contributed by atoms with Gasteiger partial charge in [-0.05, 0) is 36.2 Å². The first-order valence-electron chi connectivity index (χ1n) is 8.84. The van der Waals surface area contributed by atoms with Crippen LogP contribution in [0.3, 0.4) is 0 Å². The summed E-state index contributed by atoms with van der Waals surface area (Å²) >= 11 is 4.28. The number of pyridine rings is 1. The molecule has 30 heavy (non-hydrogen) atoms. The highest BCUT2D eigenvalue weighted by Crippen LogP contribution is 2.46. The van der Waals surface area contributed by atoms with Crippen molar-refractivity contribution in [1.29, 1.82) is 5.26 Å². The van der Waals surface area contributed by atoms with E-state index in [9.17, 15) is 22.8 Å². The van der Waals surface area contributed by atoms with Crippen molar-refractivity contribution in [1.82, 2.24) is 9.29 Å². The van der Waals surface area contributed by atoms with Crippen LogP contribution in [-0.2, 0) is 11.0 Å². The topological polar surface area (TPSA) is 77.3 Å². The van der Waals surface area contributed by atoms with Crippen molar-refractivity contribution in [2.75, 3.05) is 4.90 Å². The van der Waals surface area contributed by atoms with Gasteiger partial charge in [0, 0.05) is 23.9 Å². The molecule has 1 aromatic carbocycles. The number of allylic oxidation sites excluding steroid dienone is 1. The highest BCUT2D eigenvalue weighted by atomic mass is 32.1. The quantitative estimate of drug-likeness (QED) is 0.716. The molecule has 0 spiro atoms. The second kappa shape index (κ2) is 7.18. The van der Waals surface area contributed by atoms with Gasteiger partial charge in [0.1, 0.15) is 11.7 Å². The van der Waals surface area contributed by atoms with Crippen LogP contribution >= 0.6 is 12.8 Å². The van der Waals surface area contributed by atoms with Crippen molar-refractivity contribution in [3.63, 3.8) is 0 Å². The number of hydrogen-bond acceptors (Lipinski definition) is 5. The fraction of sp³-hybridized carbons (Fsp3) is 0.200. The first-order valence-corrected chi connectivity index (χ1v) is 9.24. The molecule has 2 heterocycles. The third-order valence-electron chi connectivity index (χ3n) is 5.02. The monoisotopic (exact) mass is 430 g/mol. The van der Waals surface area contributed by atoms with Gasteiger partial charge in [-0.15, -0.1) is 0 Å². The maximum atomic E-state index is 13.1. The average Bonchev–Trinajstić information content (AvgIpc) is 3.09. The van der Waals surface area contributed by atoms with Gasteiger partial charge in [0.25, 0.3) is 0 Å². The number of rotatable bonds is 2. The van der Waals surface area contributed by atoms with Crippen LogP contribution in [0.15, 0.2) is 53.9 Å². The van der Waals surface area contributed by atoms with Crippen LogP contribution < -0.4 is 4.90 Å². The minimum absolute atomic E-state index is 0.0400. The maximum Gasteiger partial charge on any atom is 0.433 e. The first kappa shape index (κ1) is 20.0. The van der Waals surface area contributed by atoms with E-state index < -0.39 is 23.9 Å². The number of urea groups is 1. The van der Waals surface area contributed by atoms with E-state index in [2.05, 4.69) is 17.8 Å². The van der Waals surface area contributed by atoms with Gasteiger partial charge in [-0.1, -0.05) is 24.9 Å². The van der Waals surface area contributed by atoms with E-state index in [-0.39, 0.29) is 24.3 Å². The highest BCUT2D eigenvalue weighted by Gasteiger charge is 2.45. The molecule has 6 nitrogen and oxygen atoms in total. The van der Waals surface area contributed by atoms with E-state index in [1.54, 1.807) is 24.3 Å². The molecule has 1 aromatic heterocycles. The zero-order chi connectivity index (χ0) is 21.6. The number of nitriles is 1. The van der Waals surface area contributed by atoms with Gasteiger partial charge in [-0.25, -0.2) is 4.79 Å². The Morgan fingerprint density at radius 3 is 2.47 bits per heavy atom. The van der Waals surface area contributed by atoms with Gasteiger partial charge in [-0.3, -0.25) is 19.0 Å². The molecule has 152 valence electrons. The Morgan fingerprint density at radius 2 is 1.83 bits per heavy atom. The van der Waals surface area contributed by atoms with Gasteiger partial charge in [-0.2, -0.15) is 18.4 Å². The molecule has 0 N–H and O–H groups in total. The molecular formula is C20H13F3N4O2S. The molecule has 10 heteroatoms. The lowest BCUT2D eigenvalue weighted by Crippen LogP contribution is -2.45. The lowest BCUT2D eigenvalue weighted by atomic mass is 9.94. The normalized spacial score (nSPS) is 19.2. The van der Waals surface area contributed by atoms with Gasteiger partial charge in [0.2, 0.25) is 0 Å². The Balaban J connectivity index is 1.85. The molecule has 0 fully saturated rings. The molecule has 4 rings (SSSR count). The van der Waals surface area contributed by atoms with E-state index in [1.165, 1.54) is 6.07 Å². The Hall–Kier alpha value is -3.32. The minimum Gasteiger partial charge on any atom is -0.294 e. The Kier molecular flexibility index (Phi) is 4.78. The van der Waals surface area contributed by atoms with Crippen LogP contribution in [-0.4, -0.2) is 21.1 Å². The van der Waals surface area contributed by atoms with Gasteiger partial charge < -0.3 is 0 Å². The summed E-state index contributed by atoms with van der Waals surface area (Å²) in [5, 5.41) is 8.98. The summed E-state index contributed by atoms with van der Waals surface area (Å²) in [6.07, 6.45) is -3.35. The highest BCUT2D eigenvalue weighted by molar-refractivity contribution is 7.78. The largest absolute Gasteiger partial charge is 0.433 e. The second-order valence-electron chi connectivity index (χ2n) is 6.78. The number of aromatic nitrogens is 1. The molecule has 0 saturated heterocycles. The molecule has 1 aliphatic carbocycles. The number of alkyl halides is 3. The first-order chi connectivity index (χ1) is 14.2. The molecule has 0 bridgehead atoms. The summed E-state index contributed by atoms with van der Waals surface area (Å²) in [4.78, 5) is 30.2. The predicted molar refractivity (Wildman–Crippen MR) is 103 cm³/mol. The zero-order valence-electron chi connectivity index (χ0n) is 15.2. The van der Waals surface area contributed by atoms with Crippen LogP contribution in [0.2, 0.25) is 0 Å². The second-order valence-corrected chi connectivity index (χ2v) is 7.21. The number of ketones is 1. The number of halogens is 3.